The Balaban J connectivity index is 2.28. The van der Waals surface area contributed by atoms with E-state index in [2.05, 4.69) is 10.1 Å². The molecule has 118 valence electrons. The molecule has 1 atom stereocenters. The van der Waals surface area contributed by atoms with Gasteiger partial charge in [-0.25, -0.2) is 0 Å². The van der Waals surface area contributed by atoms with Gasteiger partial charge in [0.05, 0.1) is 6.61 Å². The van der Waals surface area contributed by atoms with Crippen LogP contribution in [0.4, 0.5) is 13.2 Å². The molecule has 0 spiro atoms. The first-order valence-electron chi connectivity index (χ1n) is 6.44. The zero-order chi connectivity index (χ0) is 15.7. The van der Waals surface area contributed by atoms with Crippen molar-refractivity contribution in [2.75, 3.05) is 19.1 Å². The second kappa shape index (κ2) is 8.89. The Labute approximate surface area is 126 Å². The third-order valence-corrected chi connectivity index (χ3v) is 2.99. The van der Waals surface area contributed by atoms with Gasteiger partial charge in [-0.3, -0.25) is 4.79 Å². The van der Waals surface area contributed by atoms with Gasteiger partial charge in [0, 0.05) is 18.3 Å². The predicted octanol–water partition coefficient (Wildman–Crippen LogP) is 2.92. The topological polar surface area (TPSA) is 38.3 Å². The fourth-order valence-corrected chi connectivity index (χ4v) is 1.88. The summed E-state index contributed by atoms with van der Waals surface area (Å²) >= 11 is 5.79. The van der Waals surface area contributed by atoms with Crippen molar-refractivity contribution < 1.29 is 22.7 Å². The maximum Gasteiger partial charge on any atom is 0.411 e. The molecule has 7 heteroatoms. The van der Waals surface area contributed by atoms with Gasteiger partial charge in [0.25, 0.3) is 0 Å². The zero-order valence-corrected chi connectivity index (χ0v) is 12.1. The molecule has 0 aliphatic heterocycles. The first kappa shape index (κ1) is 17.8. The van der Waals surface area contributed by atoms with Crippen LogP contribution in [0.3, 0.4) is 0 Å². The van der Waals surface area contributed by atoms with Crippen molar-refractivity contribution in [3.63, 3.8) is 0 Å². The lowest BCUT2D eigenvalue weighted by atomic mass is 10.1. The largest absolute Gasteiger partial charge is 0.411 e. The van der Waals surface area contributed by atoms with Gasteiger partial charge in [-0.05, 0) is 12.0 Å². The highest BCUT2D eigenvalue weighted by Gasteiger charge is 2.27. The van der Waals surface area contributed by atoms with E-state index in [1.165, 1.54) is 0 Å². The van der Waals surface area contributed by atoms with Gasteiger partial charge in [-0.15, -0.1) is 11.6 Å². The maximum absolute atomic E-state index is 11.8. The van der Waals surface area contributed by atoms with Gasteiger partial charge >= 0.3 is 6.18 Å². The minimum absolute atomic E-state index is 0.127. The number of amides is 1. The Bertz CT molecular complexity index is 426. The smallest absolute Gasteiger partial charge is 0.372 e. The third-order valence-electron chi connectivity index (χ3n) is 2.62. The molecule has 0 fully saturated rings. The van der Waals surface area contributed by atoms with E-state index in [1.54, 1.807) is 0 Å². The van der Waals surface area contributed by atoms with Gasteiger partial charge in [0.2, 0.25) is 5.91 Å². The molecule has 0 aliphatic rings. The van der Waals surface area contributed by atoms with Crippen molar-refractivity contribution in [1.82, 2.24) is 5.32 Å². The molecule has 1 unspecified atom stereocenters. The SMILES string of the molecule is O=C(CCOCC(F)(F)F)NC(CCl)Cc1ccccc1. The van der Waals surface area contributed by atoms with Crippen LogP contribution in [0.2, 0.25) is 0 Å². The Hall–Kier alpha value is -1.27. The summed E-state index contributed by atoms with van der Waals surface area (Å²) in [5, 5.41) is 2.68. The fourth-order valence-electron chi connectivity index (χ4n) is 1.70. The highest BCUT2D eigenvalue weighted by molar-refractivity contribution is 6.18. The van der Waals surface area contributed by atoms with E-state index < -0.39 is 12.8 Å². The van der Waals surface area contributed by atoms with E-state index in [0.29, 0.717) is 6.42 Å². The molecule has 0 saturated heterocycles. The van der Waals surface area contributed by atoms with Crippen molar-refractivity contribution in [2.24, 2.45) is 0 Å². The maximum atomic E-state index is 11.8. The number of alkyl halides is 4. The standard InChI is InChI=1S/C14H17ClF3NO2/c15-9-12(8-11-4-2-1-3-5-11)19-13(20)6-7-21-10-14(16,17)18/h1-5,12H,6-10H2,(H,19,20). The number of carbonyl (C=O) groups excluding carboxylic acids is 1. The van der Waals surface area contributed by atoms with Crippen molar-refractivity contribution >= 4 is 17.5 Å². The van der Waals surface area contributed by atoms with Crippen LogP contribution in [0.5, 0.6) is 0 Å². The van der Waals surface area contributed by atoms with Crippen LogP contribution in [-0.4, -0.2) is 37.2 Å². The van der Waals surface area contributed by atoms with Crippen LogP contribution >= 0.6 is 11.6 Å². The molecule has 0 aromatic heterocycles. The molecule has 0 radical (unpaired) electrons. The zero-order valence-electron chi connectivity index (χ0n) is 11.3. The number of nitrogens with one attached hydrogen (secondary N) is 1. The third kappa shape index (κ3) is 8.57. The number of rotatable bonds is 8. The van der Waals surface area contributed by atoms with Crippen molar-refractivity contribution in [1.29, 1.82) is 0 Å². The van der Waals surface area contributed by atoms with Gasteiger partial charge in [-0.2, -0.15) is 13.2 Å². The summed E-state index contributed by atoms with van der Waals surface area (Å²) in [6.07, 6.45) is -3.93. The molecular formula is C14H17ClF3NO2. The number of hydrogen-bond donors (Lipinski definition) is 1. The normalized spacial score (nSPS) is 13.0. The van der Waals surface area contributed by atoms with Crippen LogP contribution < -0.4 is 5.32 Å². The molecule has 21 heavy (non-hydrogen) atoms. The van der Waals surface area contributed by atoms with Crippen LogP contribution in [-0.2, 0) is 16.0 Å². The summed E-state index contributed by atoms with van der Waals surface area (Å²) in [5.74, 6) is -0.150. The highest BCUT2D eigenvalue weighted by atomic mass is 35.5. The minimum atomic E-state index is -4.37. The number of ether oxygens (including phenoxy) is 1. The second-order valence-corrected chi connectivity index (χ2v) is 4.83. The van der Waals surface area contributed by atoms with Crippen LogP contribution in [0.1, 0.15) is 12.0 Å². The van der Waals surface area contributed by atoms with E-state index in [4.69, 9.17) is 11.6 Å². The predicted molar refractivity (Wildman–Crippen MR) is 74.3 cm³/mol. The molecule has 0 heterocycles. The first-order valence-corrected chi connectivity index (χ1v) is 6.98. The molecule has 0 saturated carbocycles. The highest BCUT2D eigenvalue weighted by Crippen LogP contribution is 2.14. The number of carbonyl (C=O) groups is 1. The molecule has 3 nitrogen and oxygen atoms in total. The quantitative estimate of drug-likeness (QED) is 0.590. The Morgan fingerprint density at radius 1 is 1.29 bits per heavy atom. The van der Waals surface area contributed by atoms with Gasteiger partial charge < -0.3 is 10.1 Å². The average Bonchev–Trinajstić information content (AvgIpc) is 2.43. The molecule has 1 aromatic rings. The number of benzene rings is 1. The number of hydrogen-bond acceptors (Lipinski definition) is 2. The Morgan fingerprint density at radius 3 is 2.52 bits per heavy atom. The average molecular weight is 324 g/mol. The monoisotopic (exact) mass is 323 g/mol. The molecule has 0 bridgehead atoms. The summed E-state index contributed by atoms with van der Waals surface area (Å²) in [7, 11) is 0. The lowest BCUT2D eigenvalue weighted by molar-refractivity contribution is -0.174. The van der Waals surface area contributed by atoms with Crippen molar-refractivity contribution in [3.05, 3.63) is 35.9 Å². The minimum Gasteiger partial charge on any atom is -0.372 e. The molecule has 0 aliphatic carbocycles. The Morgan fingerprint density at radius 2 is 1.95 bits per heavy atom. The summed E-state index contributed by atoms with van der Waals surface area (Å²) in [5.41, 5.74) is 1.02. The van der Waals surface area contributed by atoms with E-state index >= 15 is 0 Å². The summed E-state index contributed by atoms with van der Waals surface area (Å²) in [6.45, 7) is -1.62. The van der Waals surface area contributed by atoms with E-state index in [0.717, 1.165) is 5.56 Å². The molecule has 1 aromatic carbocycles. The van der Waals surface area contributed by atoms with E-state index in [-0.39, 0.29) is 30.9 Å². The van der Waals surface area contributed by atoms with Crippen LogP contribution in [0, 0.1) is 0 Å². The second-order valence-electron chi connectivity index (χ2n) is 4.53. The van der Waals surface area contributed by atoms with Gasteiger partial charge in [-0.1, -0.05) is 30.3 Å². The Kier molecular flexibility index (Phi) is 7.53. The summed E-state index contributed by atoms with van der Waals surface area (Å²) in [6, 6.07) is 9.22. The molecule has 1 rings (SSSR count). The van der Waals surface area contributed by atoms with E-state index in [9.17, 15) is 18.0 Å². The van der Waals surface area contributed by atoms with Crippen LogP contribution in [0.25, 0.3) is 0 Å². The first-order chi connectivity index (χ1) is 9.90. The number of halogens is 4. The lowest BCUT2D eigenvalue weighted by Gasteiger charge is -2.16. The molecule has 1 amide bonds. The summed E-state index contributed by atoms with van der Waals surface area (Å²) in [4.78, 5) is 11.6. The van der Waals surface area contributed by atoms with Crippen molar-refractivity contribution in [2.45, 2.75) is 25.1 Å². The fraction of sp³-hybridized carbons (Fsp3) is 0.500. The molecule has 1 N–H and O–H groups in total. The van der Waals surface area contributed by atoms with Gasteiger partial charge in [0.15, 0.2) is 0 Å². The molecular weight excluding hydrogens is 307 g/mol. The summed E-state index contributed by atoms with van der Waals surface area (Å²) < 4.78 is 39.9. The van der Waals surface area contributed by atoms with E-state index in [1.807, 2.05) is 30.3 Å². The lowest BCUT2D eigenvalue weighted by Crippen LogP contribution is -2.38. The van der Waals surface area contributed by atoms with Gasteiger partial charge in [0.1, 0.15) is 6.61 Å². The van der Waals surface area contributed by atoms with Crippen molar-refractivity contribution in [3.8, 4) is 0 Å². The van der Waals surface area contributed by atoms with Crippen LogP contribution in [0.15, 0.2) is 30.3 Å².